The third-order valence-corrected chi connectivity index (χ3v) is 2.39. The Labute approximate surface area is 99.4 Å². The molecule has 10 nitrogen and oxygen atoms in total. The molecule has 0 fully saturated rings. The Morgan fingerprint density at radius 2 is 2.33 bits per heavy atom. The van der Waals surface area contributed by atoms with Gasteiger partial charge in [0.2, 0.25) is 0 Å². The number of fused-ring (bicyclic) bond motifs is 1. The third-order valence-electron chi connectivity index (χ3n) is 2.39. The van der Waals surface area contributed by atoms with Crippen LogP contribution in [-0.4, -0.2) is 40.2 Å². The zero-order valence-electron chi connectivity index (χ0n) is 9.38. The van der Waals surface area contributed by atoms with Gasteiger partial charge in [0.25, 0.3) is 0 Å². The highest BCUT2D eigenvalue weighted by Gasteiger charge is 2.07. The number of aryl methyl sites for hydroxylation is 1. The molecule has 0 atom stereocenters. The lowest BCUT2D eigenvalue weighted by molar-refractivity contribution is 0.881. The van der Waals surface area contributed by atoms with Crippen LogP contribution in [0.15, 0.2) is 10.9 Å². The third kappa shape index (κ3) is 1.69. The van der Waals surface area contributed by atoms with E-state index in [0.29, 0.717) is 29.7 Å². The molecule has 0 aromatic carbocycles. The molecule has 10 heteroatoms. The average molecular weight is 247 g/mol. The second-order valence-corrected chi connectivity index (χ2v) is 3.59. The molecule has 0 bridgehead atoms. The van der Waals surface area contributed by atoms with E-state index in [1.54, 1.807) is 13.0 Å². The topological polar surface area (TPSA) is 130 Å². The number of H-pyrrole nitrogens is 2. The molecule has 0 saturated heterocycles. The predicted molar refractivity (Wildman–Crippen MR) is 59.8 cm³/mol. The summed E-state index contributed by atoms with van der Waals surface area (Å²) in [5.74, 6) is 1.65. The number of tetrazole rings is 1. The van der Waals surface area contributed by atoms with Gasteiger partial charge in [0.1, 0.15) is 11.6 Å². The first-order valence-corrected chi connectivity index (χ1v) is 5.15. The van der Waals surface area contributed by atoms with E-state index in [-0.39, 0.29) is 5.69 Å². The van der Waals surface area contributed by atoms with Gasteiger partial charge in [-0.2, -0.15) is 10.3 Å². The summed E-state index contributed by atoms with van der Waals surface area (Å²) in [5, 5.41) is 22.7. The molecular weight excluding hydrogens is 238 g/mol. The number of nitrogens with one attached hydrogen (secondary N) is 3. The number of aromatic amines is 2. The Kier molecular flexibility index (Phi) is 2.25. The van der Waals surface area contributed by atoms with Crippen molar-refractivity contribution in [2.75, 3.05) is 5.32 Å². The van der Waals surface area contributed by atoms with Gasteiger partial charge in [-0.15, -0.1) is 10.2 Å². The van der Waals surface area contributed by atoms with Crippen LogP contribution in [0.1, 0.15) is 11.6 Å². The minimum atomic E-state index is -0.306. The zero-order chi connectivity index (χ0) is 12.5. The van der Waals surface area contributed by atoms with Gasteiger partial charge in [0.15, 0.2) is 11.5 Å². The van der Waals surface area contributed by atoms with Crippen LogP contribution in [0.2, 0.25) is 0 Å². The van der Waals surface area contributed by atoms with E-state index < -0.39 is 0 Å². The van der Waals surface area contributed by atoms with E-state index in [4.69, 9.17) is 0 Å². The molecule has 0 amide bonds. The van der Waals surface area contributed by atoms with Crippen LogP contribution in [-0.2, 0) is 6.54 Å². The Morgan fingerprint density at radius 3 is 3.11 bits per heavy atom. The Hall–Kier alpha value is -2.78. The molecule has 92 valence electrons. The van der Waals surface area contributed by atoms with Gasteiger partial charge in [-0.05, 0) is 6.92 Å². The molecule has 0 aliphatic carbocycles. The van der Waals surface area contributed by atoms with Crippen molar-refractivity contribution in [3.05, 3.63) is 28.2 Å². The first-order chi connectivity index (χ1) is 8.74. The van der Waals surface area contributed by atoms with Crippen molar-refractivity contribution in [3.63, 3.8) is 0 Å². The van der Waals surface area contributed by atoms with Crippen LogP contribution in [0.3, 0.4) is 0 Å². The lowest BCUT2D eigenvalue weighted by atomic mass is 10.5. The van der Waals surface area contributed by atoms with Crippen LogP contribution in [0.4, 0.5) is 5.82 Å². The van der Waals surface area contributed by atoms with E-state index in [9.17, 15) is 4.79 Å². The molecule has 3 aromatic rings. The van der Waals surface area contributed by atoms with Crippen molar-refractivity contribution in [1.82, 2.24) is 40.2 Å². The fraction of sp³-hybridized carbons (Fsp3) is 0.250. The van der Waals surface area contributed by atoms with E-state index in [1.807, 2.05) is 0 Å². The van der Waals surface area contributed by atoms with Crippen LogP contribution in [0.25, 0.3) is 5.65 Å². The maximum atomic E-state index is 11.4. The summed E-state index contributed by atoms with van der Waals surface area (Å²) in [6, 6.07) is 1.66. The number of hydrogen-bond acceptors (Lipinski definition) is 7. The number of anilines is 1. The number of hydrogen-bond donors (Lipinski definition) is 3. The van der Waals surface area contributed by atoms with Crippen molar-refractivity contribution in [3.8, 4) is 0 Å². The van der Waals surface area contributed by atoms with Crippen molar-refractivity contribution in [2.45, 2.75) is 13.5 Å². The molecule has 3 rings (SSSR count). The normalized spacial score (nSPS) is 10.9. The molecular formula is C8H9N9O. The van der Waals surface area contributed by atoms with Crippen LogP contribution in [0.5, 0.6) is 0 Å². The minimum Gasteiger partial charge on any atom is -0.362 e. The van der Waals surface area contributed by atoms with Crippen LogP contribution < -0.4 is 11.0 Å². The molecule has 3 N–H and O–H groups in total. The largest absolute Gasteiger partial charge is 0.362 e. The molecule has 0 aliphatic rings. The zero-order valence-corrected chi connectivity index (χ0v) is 9.38. The number of nitrogens with zero attached hydrogens (tertiary/aromatic N) is 6. The summed E-state index contributed by atoms with van der Waals surface area (Å²) < 4.78 is 1.39. The smallest absolute Gasteiger partial charge is 0.349 e. The fourth-order valence-electron chi connectivity index (χ4n) is 1.62. The highest BCUT2D eigenvalue weighted by atomic mass is 16.1. The molecule has 0 unspecified atom stereocenters. The highest BCUT2D eigenvalue weighted by Crippen LogP contribution is 2.08. The van der Waals surface area contributed by atoms with Crippen LogP contribution >= 0.6 is 0 Å². The first kappa shape index (κ1) is 10.4. The maximum Gasteiger partial charge on any atom is 0.349 e. The summed E-state index contributed by atoms with van der Waals surface area (Å²) in [6.45, 7) is 2.11. The van der Waals surface area contributed by atoms with Gasteiger partial charge in [-0.3, -0.25) is 0 Å². The molecule has 0 spiro atoms. The van der Waals surface area contributed by atoms with Crippen LogP contribution in [0, 0.1) is 6.92 Å². The maximum absolute atomic E-state index is 11.4. The van der Waals surface area contributed by atoms with Gasteiger partial charge in [-0.1, -0.05) is 5.21 Å². The number of rotatable bonds is 3. The lowest BCUT2D eigenvalue weighted by Gasteiger charge is -2.04. The molecule has 0 radical (unpaired) electrons. The summed E-state index contributed by atoms with van der Waals surface area (Å²) >= 11 is 0. The summed E-state index contributed by atoms with van der Waals surface area (Å²) in [7, 11) is 0. The molecule has 3 heterocycles. The van der Waals surface area contributed by atoms with E-state index in [0.717, 1.165) is 0 Å². The summed E-state index contributed by atoms with van der Waals surface area (Å²) in [4.78, 5) is 15.6. The SMILES string of the molecule is Cc1nc(NCc2nn[nH]n2)cc2n[nH]c(=O)n12. The van der Waals surface area contributed by atoms with E-state index in [2.05, 4.69) is 41.1 Å². The molecule has 18 heavy (non-hydrogen) atoms. The Bertz CT molecular complexity index is 725. The Balaban J connectivity index is 1.91. The van der Waals surface area contributed by atoms with Crippen molar-refractivity contribution >= 4 is 11.5 Å². The van der Waals surface area contributed by atoms with Gasteiger partial charge >= 0.3 is 5.69 Å². The Morgan fingerprint density at radius 1 is 1.44 bits per heavy atom. The summed E-state index contributed by atoms with van der Waals surface area (Å²) in [6.07, 6.45) is 0. The molecule has 0 saturated carbocycles. The molecule has 3 aromatic heterocycles. The second-order valence-electron chi connectivity index (χ2n) is 3.59. The highest BCUT2D eigenvalue weighted by molar-refractivity contribution is 5.49. The van der Waals surface area contributed by atoms with E-state index >= 15 is 0 Å². The van der Waals surface area contributed by atoms with Gasteiger partial charge < -0.3 is 5.32 Å². The number of aromatic nitrogens is 8. The van der Waals surface area contributed by atoms with E-state index in [1.165, 1.54) is 4.40 Å². The van der Waals surface area contributed by atoms with Gasteiger partial charge in [-0.25, -0.2) is 19.3 Å². The average Bonchev–Trinajstić information content (AvgIpc) is 2.97. The predicted octanol–water partition coefficient (Wildman–Crippen LogP) is -1.15. The standard InChI is InChI=1S/C8H9N9O/c1-4-10-5(9-3-6-11-15-16-12-6)2-7-13-14-8(18)17(4)7/h2,9H,3H2,1H3,(H,14,18)(H,11,12,15,16). The van der Waals surface area contributed by atoms with Gasteiger partial charge in [0.05, 0.1) is 6.54 Å². The van der Waals surface area contributed by atoms with Gasteiger partial charge in [0, 0.05) is 6.07 Å². The summed E-state index contributed by atoms with van der Waals surface area (Å²) in [5.41, 5.74) is 0.197. The fourth-order valence-corrected chi connectivity index (χ4v) is 1.62. The lowest BCUT2D eigenvalue weighted by Crippen LogP contribution is -2.14. The van der Waals surface area contributed by atoms with Crippen molar-refractivity contribution < 1.29 is 0 Å². The minimum absolute atomic E-state index is 0.306. The monoisotopic (exact) mass is 247 g/mol. The first-order valence-electron chi connectivity index (χ1n) is 5.15. The second kappa shape index (κ2) is 3.91. The molecule has 0 aliphatic heterocycles. The van der Waals surface area contributed by atoms with Crippen molar-refractivity contribution in [1.29, 1.82) is 0 Å². The van der Waals surface area contributed by atoms with Crippen molar-refractivity contribution in [2.24, 2.45) is 0 Å². The quantitative estimate of drug-likeness (QED) is 0.532.